The Bertz CT molecular complexity index is 717. The van der Waals surface area contributed by atoms with Gasteiger partial charge in [-0.05, 0) is 42.8 Å². The Hall–Kier alpha value is -2.73. The van der Waals surface area contributed by atoms with E-state index in [1.165, 1.54) is 6.07 Å². The first kappa shape index (κ1) is 17.6. The van der Waals surface area contributed by atoms with E-state index in [2.05, 4.69) is 5.32 Å². The minimum Gasteiger partial charge on any atom is -0.491 e. The van der Waals surface area contributed by atoms with Crippen LogP contribution in [0.25, 0.3) is 0 Å². The highest BCUT2D eigenvalue weighted by molar-refractivity contribution is 5.81. The van der Waals surface area contributed by atoms with Gasteiger partial charge in [-0.25, -0.2) is 4.39 Å². The van der Waals surface area contributed by atoms with E-state index in [-0.39, 0.29) is 19.0 Å². The van der Waals surface area contributed by atoms with E-state index in [0.717, 1.165) is 11.8 Å². The predicted molar refractivity (Wildman–Crippen MR) is 88.3 cm³/mol. The summed E-state index contributed by atoms with van der Waals surface area (Å²) in [5.74, 6) is -0.289. The fraction of sp³-hybridized carbons (Fsp3) is 0.222. The summed E-state index contributed by atoms with van der Waals surface area (Å²) in [6, 6.07) is 10.4. The second-order valence-electron chi connectivity index (χ2n) is 5.42. The summed E-state index contributed by atoms with van der Waals surface area (Å²) >= 11 is 0. The monoisotopic (exact) mass is 330 g/mol. The van der Waals surface area contributed by atoms with Crippen LogP contribution in [-0.4, -0.2) is 24.8 Å². The molecule has 1 atom stereocenters. The van der Waals surface area contributed by atoms with Crippen molar-refractivity contribution in [2.24, 2.45) is 5.73 Å². The van der Waals surface area contributed by atoms with Crippen LogP contribution >= 0.6 is 0 Å². The summed E-state index contributed by atoms with van der Waals surface area (Å²) in [4.78, 5) is 22.5. The lowest BCUT2D eigenvalue weighted by molar-refractivity contribution is -0.123. The summed E-state index contributed by atoms with van der Waals surface area (Å²) in [5.41, 5.74) is 7.50. The Morgan fingerprint density at radius 3 is 2.62 bits per heavy atom. The molecule has 0 spiro atoms. The van der Waals surface area contributed by atoms with Gasteiger partial charge in [0.15, 0.2) is 0 Å². The third-order valence-corrected chi connectivity index (χ3v) is 3.44. The van der Waals surface area contributed by atoms with Crippen LogP contribution in [-0.2, 0) is 11.3 Å². The quantitative estimate of drug-likeness (QED) is 0.761. The molecule has 0 radical (unpaired) electrons. The summed E-state index contributed by atoms with van der Waals surface area (Å²) in [7, 11) is 0. The van der Waals surface area contributed by atoms with E-state index in [1.807, 2.05) is 0 Å². The zero-order chi connectivity index (χ0) is 17.5. The van der Waals surface area contributed by atoms with Crippen LogP contribution < -0.4 is 15.8 Å². The number of carbonyl (C=O) groups excluding carboxylic acids is 2. The number of halogens is 1. The molecule has 0 heterocycles. The van der Waals surface area contributed by atoms with Gasteiger partial charge in [0.1, 0.15) is 30.5 Å². The molecule has 0 fully saturated rings. The highest BCUT2D eigenvalue weighted by Gasteiger charge is 2.14. The Morgan fingerprint density at radius 1 is 1.29 bits per heavy atom. The van der Waals surface area contributed by atoms with E-state index >= 15 is 0 Å². The number of hydrogen-bond donors (Lipinski definition) is 2. The number of nitrogens with one attached hydrogen (secondary N) is 1. The summed E-state index contributed by atoms with van der Waals surface area (Å²) in [6.07, 6.45) is 0.729. The van der Waals surface area contributed by atoms with Crippen molar-refractivity contribution in [3.63, 3.8) is 0 Å². The average molecular weight is 330 g/mol. The number of benzene rings is 2. The summed E-state index contributed by atoms with van der Waals surface area (Å²) in [5, 5.41) is 2.58. The zero-order valence-electron chi connectivity index (χ0n) is 13.3. The van der Waals surface area contributed by atoms with Crippen molar-refractivity contribution in [1.82, 2.24) is 5.32 Å². The van der Waals surface area contributed by atoms with Crippen molar-refractivity contribution in [2.75, 3.05) is 6.61 Å². The van der Waals surface area contributed by atoms with Gasteiger partial charge in [-0.3, -0.25) is 9.59 Å². The first-order valence-corrected chi connectivity index (χ1v) is 7.46. The molecule has 0 aliphatic carbocycles. The average Bonchev–Trinajstić information content (AvgIpc) is 2.59. The van der Waals surface area contributed by atoms with Gasteiger partial charge in [-0.1, -0.05) is 12.1 Å². The molecule has 2 aromatic rings. The molecule has 126 valence electrons. The fourth-order valence-corrected chi connectivity index (χ4v) is 2.01. The molecule has 3 N–H and O–H groups in total. The molecule has 0 saturated carbocycles. The molecule has 0 bridgehead atoms. The minimum absolute atomic E-state index is 0.0251. The van der Waals surface area contributed by atoms with Gasteiger partial charge in [-0.15, -0.1) is 0 Å². The standard InChI is InChI=1S/C18H19FN2O3/c1-12-2-5-14(16(19)8-12)9-21-18(23)17(20)11-24-15-6-3-13(10-22)4-7-15/h2-8,10,17H,9,11,20H2,1H3,(H,21,23)/t17-/m0/s1. The van der Waals surface area contributed by atoms with Crippen LogP contribution in [0.15, 0.2) is 42.5 Å². The molecule has 0 unspecified atom stereocenters. The molecular formula is C18H19FN2O3. The molecule has 5 nitrogen and oxygen atoms in total. The molecule has 0 saturated heterocycles. The first-order valence-electron chi connectivity index (χ1n) is 7.46. The predicted octanol–water partition coefficient (Wildman–Crippen LogP) is 1.97. The number of amides is 1. The maximum Gasteiger partial charge on any atom is 0.240 e. The molecule has 0 aromatic heterocycles. The van der Waals surface area contributed by atoms with Crippen molar-refractivity contribution in [1.29, 1.82) is 0 Å². The Kier molecular flexibility index (Phi) is 6.03. The fourth-order valence-electron chi connectivity index (χ4n) is 2.01. The smallest absolute Gasteiger partial charge is 0.240 e. The first-order chi connectivity index (χ1) is 11.5. The number of carbonyl (C=O) groups is 2. The molecule has 0 aliphatic rings. The number of ether oxygens (including phenoxy) is 1. The molecule has 1 amide bonds. The van der Waals surface area contributed by atoms with Crippen molar-refractivity contribution < 1.29 is 18.7 Å². The van der Waals surface area contributed by atoms with Gasteiger partial charge < -0.3 is 15.8 Å². The van der Waals surface area contributed by atoms with Crippen molar-refractivity contribution in [3.05, 3.63) is 65.0 Å². The van der Waals surface area contributed by atoms with Crippen LogP contribution in [0.4, 0.5) is 4.39 Å². The van der Waals surface area contributed by atoms with Crippen LogP contribution in [0.5, 0.6) is 5.75 Å². The Balaban J connectivity index is 1.81. The van der Waals surface area contributed by atoms with Crippen LogP contribution in [0.3, 0.4) is 0 Å². The van der Waals surface area contributed by atoms with Crippen LogP contribution in [0, 0.1) is 12.7 Å². The van der Waals surface area contributed by atoms with Gasteiger partial charge >= 0.3 is 0 Å². The van der Waals surface area contributed by atoms with E-state index in [0.29, 0.717) is 16.9 Å². The van der Waals surface area contributed by atoms with E-state index < -0.39 is 11.9 Å². The van der Waals surface area contributed by atoms with Crippen molar-refractivity contribution in [2.45, 2.75) is 19.5 Å². The highest BCUT2D eigenvalue weighted by atomic mass is 19.1. The molecule has 24 heavy (non-hydrogen) atoms. The van der Waals surface area contributed by atoms with Gasteiger partial charge in [0, 0.05) is 17.7 Å². The van der Waals surface area contributed by atoms with E-state index in [4.69, 9.17) is 10.5 Å². The third-order valence-electron chi connectivity index (χ3n) is 3.44. The Labute approximate surface area is 139 Å². The lowest BCUT2D eigenvalue weighted by atomic mass is 10.1. The number of nitrogens with two attached hydrogens (primary N) is 1. The van der Waals surface area contributed by atoms with Crippen LogP contribution in [0.1, 0.15) is 21.5 Å². The maximum absolute atomic E-state index is 13.7. The van der Waals surface area contributed by atoms with E-state index in [9.17, 15) is 14.0 Å². The zero-order valence-corrected chi connectivity index (χ0v) is 13.3. The lowest BCUT2D eigenvalue weighted by Crippen LogP contribution is -2.44. The Morgan fingerprint density at radius 2 is 2.00 bits per heavy atom. The summed E-state index contributed by atoms with van der Waals surface area (Å²) < 4.78 is 19.1. The molecule has 6 heteroatoms. The molecular weight excluding hydrogens is 311 g/mol. The van der Waals surface area contributed by atoms with Gasteiger partial charge in [0.2, 0.25) is 5.91 Å². The van der Waals surface area contributed by atoms with Gasteiger partial charge in [-0.2, -0.15) is 0 Å². The minimum atomic E-state index is -0.885. The topological polar surface area (TPSA) is 81.4 Å². The number of aldehydes is 1. The highest BCUT2D eigenvalue weighted by Crippen LogP contribution is 2.11. The SMILES string of the molecule is Cc1ccc(CNC(=O)[C@@H](N)COc2ccc(C=O)cc2)c(F)c1. The van der Waals surface area contributed by atoms with Crippen molar-refractivity contribution in [3.8, 4) is 5.75 Å². The van der Waals surface area contributed by atoms with Gasteiger partial charge in [0.05, 0.1) is 0 Å². The number of hydrogen-bond acceptors (Lipinski definition) is 4. The summed E-state index contributed by atoms with van der Waals surface area (Å²) in [6.45, 7) is 1.83. The molecule has 2 aromatic carbocycles. The third kappa shape index (κ3) is 4.89. The lowest BCUT2D eigenvalue weighted by Gasteiger charge is -2.14. The van der Waals surface area contributed by atoms with Crippen LogP contribution in [0.2, 0.25) is 0 Å². The second kappa shape index (κ2) is 8.21. The maximum atomic E-state index is 13.7. The second-order valence-corrected chi connectivity index (χ2v) is 5.42. The van der Waals surface area contributed by atoms with E-state index in [1.54, 1.807) is 43.3 Å². The molecule has 0 aliphatic heterocycles. The number of aryl methyl sites for hydroxylation is 1. The normalized spacial score (nSPS) is 11.6. The largest absolute Gasteiger partial charge is 0.491 e. The number of rotatable bonds is 7. The van der Waals surface area contributed by atoms with Crippen molar-refractivity contribution >= 4 is 12.2 Å². The van der Waals surface area contributed by atoms with Gasteiger partial charge in [0.25, 0.3) is 0 Å². The molecule has 2 rings (SSSR count).